The highest BCUT2D eigenvalue weighted by atomic mass is 32.1. The molecule has 1 atom stereocenters. The molecule has 0 aromatic carbocycles. The van der Waals surface area contributed by atoms with Gasteiger partial charge in [0, 0.05) is 6.04 Å². The molecule has 0 saturated heterocycles. The quantitative estimate of drug-likeness (QED) is 0.910. The van der Waals surface area contributed by atoms with Crippen LogP contribution in [0, 0.1) is 0 Å². The molecule has 1 amide bonds. The molecule has 5 nitrogen and oxygen atoms in total. The number of hydrogen-bond donors (Lipinski definition) is 2. The van der Waals surface area contributed by atoms with E-state index in [2.05, 4.69) is 10.5 Å². The summed E-state index contributed by atoms with van der Waals surface area (Å²) in [6.07, 6.45) is 3.45. The van der Waals surface area contributed by atoms with E-state index in [1.807, 2.05) is 17.5 Å². The molecule has 0 radical (unpaired) electrons. The number of nitrogens with one attached hydrogen (secondary N) is 1. The van der Waals surface area contributed by atoms with Gasteiger partial charge in [0.2, 0.25) is 0 Å². The molecule has 3 rings (SSSR count). The number of carbonyl (C=O) groups excluding carboxylic acids is 1. The van der Waals surface area contributed by atoms with E-state index < -0.39 is 6.10 Å². The predicted molar refractivity (Wildman–Crippen MR) is 80.2 cm³/mol. The number of rotatable bonds is 4. The summed E-state index contributed by atoms with van der Waals surface area (Å²) in [7, 11) is 0. The van der Waals surface area contributed by atoms with Crippen LogP contribution in [0.15, 0.2) is 22.0 Å². The molecule has 112 valence electrons. The summed E-state index contributed by atoms with van der Waals surface area (Å²) in [4.78, 5) is 13.4. The van der Waals surface area contributed by atoms with Crippen molar-refractivity contribution in [1.29, 1.82) is 0 Å². The Morgan fingerprint density at radius 1 is 1.52 bits per heavy atom. The largest absolute Gasteiger partial charge is 0.385 e. The first-order valence-corrected chi connectivity index (χ1v) is 8.07. The Morgan fingerprint density at radius 3 is 2.90 bits per heavy atom. The summed E-state index contributed by atoms with van der Waals surface area (Å²) < 4.78 is 5.21. The molecule has 2 aromatic rings. The maximum atomic E-state index is 12.6. The standard InChI is InChI=1S/C15H18N2O3S/c1-9(18)14-12(15(19)16-10-5-2-3-6-10)13(17-20-14)11-7-4-8-21-11/h4,7-10,18H,2-3,5-6H2,1H3,(H,16,19)/t9-/m0/s1. The number of aliphatic hydroxyl groups is 1. The fraction of sp³-hybridized carbons (Fsp3) is 0.467. The normalized spacial score (nSPS) is 17.0. The van der Waals surface area contributed by atoms with Gasteiger partial charge in [-0.1, -0.05) is 24.1 Å². The van der Waals surface area contributed by atoms with Crippen LogP contribution < -0.4 is 5.32 Å². The number of carbonyl (C=O) groups is 1. The van der Waals surface area contributed by atoms with Crippen LogP contribution in [0.5, 0.6) is 0 Å². The summed E-state index contributed by atoms with van der Waals surface area (Å²) >= 11 is 1.49. The minimum Gasteiger partial charge on any atom is -0.385 e. The fourth-order valence-electron chi connectivity index (χ4n) is 2.72. The summed E-state index contributed by atoms with van der Waals surface area (Å²) in [5.74, 6) is 0.0244. The van der Waals surface area contributed by atoms with Crippen molar-refractivity contribution < 1.29 is 14.4 Å². The number of thiophene rings is 1. The molecule has 0 bridgehead atoms. The Kier molecular flexibility index (Phi) is 4.07. The molecule has 1 aliphatic rings. The van der Waals surface area contributed by atoms with Gasteiger partial charge in [0.1, 0.15) is 17.4 Å². The Hall–Kier alpha value is -1.66. The van der Waals surface area contributed by atoms with Gasteiger partial charge in [-0.15, -0.1) is 11.3 Å². The van der Waals surface area contributed by atoms with E-state index in [0.29, 0.717) is 11.3 Å². The van der Waals surface area contributed by atoms with Gasteiger partial charge in [-0.05, 0) is 31.2 Å². The molecule has 0 aliphatic heterocycles. The molecular formula is C15H18N2O3S. The topological polar surface area (TPSA) is 75.4 Å². The first-order valence-electron chi connectivity index (χ1n) is 7.19. The van der Waals surface area contributed by atoms with Crippen molar-refractivity contribution in [2.24, 2.45) is 0 Å². The fourth-order valence-corrected chi connectivity index (χ4v) is 3.43. The van der Waals surface area contributed by atoms with Crippen molar-refractivity contribution in [1.82, 2.24) is 10.5 Å². The molecule has 1 saturated carbocycles. The minimum absolute atomic E-state index is 0.206. The van der Waals surface area contributed by atoms with Crippen LogP contribution in [0.2, 0.25) is 0 Å². The lowest BCUT2D eigenvalue weighted by molar-refractivity contribution is 0.0925. The average molecular weight is 306 g/mol. The molecule has 2 N–H and O–H groups in total. The van der Waals surface area contributed by atoms with Crippen molar-refractivity contribution in [3.05, 3.63) is 28.8 Å². The third-order valence-corrected chi connectivity index (χ3v) is 4.65. The predicted octanol–water partition coefficient (Wildman–Crippen LogP) is 3.13. The molecule has 21 heavy (non-hydrogen) atoms. The van der Waals surface area contributed by atoms with E-state index in [1.54, 1.807) is 6.92 Å². The van der Waals surface area contributed by atoms with Gasteiger partial charge in [0.15, 0.2) is 5.76 Å². The van der Waals surface area contributed by atoms with Gasteiger partial charge in [-0.3, -0.25) is 4.79 Å². The lowest BCUT2D eigenvalue weighted by atomic mass is 10.1. The number of aromatic nitrogens is 1. The van der Waals surface area contributed by atoms with E-state index >= 15 is 0 Å². The highest BCUT2D eigenvalue weighted by molar-refractivity contribution is 7.13. The first-order chi connectivity index (χ1) is 10.2. The molecular weight excluding hydrogens is 288 g/mol. The van der Waals surface area contributed by atoms with E-state index in [1.165, 1.54) is 11.3 Å². The zero-order chi connectivity index (χ0) is 14.8. The van der Waals surface area contributed by atoms with Crippen LogP contribution in [-0.2, 0) is 0 Å². The van der Waals surface area contributed by atoms with E-state index in [4.69, 9.17) is 4.52 Å². The van der Waals surface area contributed by atoms with Gasteiger partial charge in [-0.25, -0.2) is 0 Å². The second-order valence-corrected chi connectivity index (χ2v) is 6.33. The van der Waals surface area contributed by atoms with Crippen molar-refractivity contribution in [2.75, 3.05) is 0 Å². The first kappa shape index (κ1) is 14.3. The Morgan fingerprint density at radius 2 is 2.29 bits per heavy atom. The maximum Gasteiger partial charge on any atom is 0.257 e. The lowest BCUT2D eigenvalue weighted by Crippen LogP contribution is -2.33. The van der Waals surface area contributed by atoms with Crippen LogP contribution in [0.4, 0.5) is 0 Å². The summed E-state index contributed by atoms with van der Waals surface area (Å²) in [6.45, 7) is 1.57. The van der Waals surface area contributed by atoms with Crippen LogP contribution in [0.3, 0.4) is 0 Å². The van der Waals surface area contributed by atoms with Gasteiger partial charge < -0.3 is 14.9 Å². The van der Waals surface area contributed by atoms with Crippen LogP contribution in [-0.4, -0.2) is 22.2 Å². The second-order valence-electron chi connectivity index (χ2n) is 5.38. The third kappa shape index (κ3) is 2.87. The highest BCUT2D eigenvalue weighted by Crippen LogP contribution is 2.32. The summed E-state index contributed by atoms with van der Waals surface area (Å²) in [5, 5.41) is 18.8. The van der Waals surface area contributed by atoms with Crippen molar-refractivity contribution >= 4 is 17.2 Å². The average Bonchev–Trinajstić information content (AvgIpc) is 3.19. The smallest absolute Gasteiger partial charge is 0.257 e. The molecule has 6 heteroatoms. The van der Waals surface area contributed by atoms with Crippen LogP contribution in [0.1, 0.15) is 54.8 Å². The Balaban J connectivity index is 1.94. The lowest BCUT2D eigenvalue weighted by Gasteiger charge is -2.12. The molecule has 1 fully saturated rings. The zero-order valence-corrected chi connectivity index (χ0v) is 12.7. The molecule has 2 aromatic heterocycles. The van der Waals surface area contributed by atoms with E-state index in [0.717, 1.165) is 30.6 Å². The number of aliphatic hydroxyl groups excluding tert-OH is 1. The molecule has 0 unspecified atom stereocenters. The van der Waals surface area contributed by atoms with Gasteiger partial charge in [0.05, 0.1) is 4.88 Å². The Labute approximate surface area is 127 Å². The monoisotopic (exact) mass is 306 g/mol. The van der Waals surface area contributed by atoms with E-state index in [9.17, 15) is 9.90 Å². The van der Waals surface area contributed by atoms with Crippen LogP contribution in [0.25, 0.3) is 10.6 Å². The zero-order valence-electron chi connectivity index (χ0n) is 11.8. The van der Waals surface area contributed by atoms with Gasteiger partial charge in [-0.2, -0.15) is 0 Å². The third-order valence-electron chi connectivity index (χ3n) is 3.77. The minimum atomic E-state index is -0.865. The molecule has 1 aliphatic carbocycles. The highest BCUT2D eigenvalue weighted by Gasteiger charge is 2.29. The van der Waals surface area contributed by atoms with Gasteiger partial charge in [0.25, 0.3) is 5.91 Å². The number of hydrogen-bond acceptors (Lipinski definition) is 5. The SMILES string of the molecule is C[C@H](O)c1onc(-c2cccs2)c1C(=O)NC1CCCC1. The number of amides is 1. The molecule has 0 spiro atoms. The summed E-state index contributed by atoms with van der Waals surface area (Å²) in [6, 6.07) is 4.00. The van der Waals surface area contributed by atoms with Gasteiger partial charge >= 0.3 is 0 Å². The van der Waals surface area contributed by atoms with E-state index in [-0.39, 0.29) is 17.7 Å². The van der Waals surface area contributed by atoms with Crippen molar-refractivity contribution in [2.45, 2.75) is 44.8 Å². The maximum absolute atomic E-state index is 12.6. The second kappa shape index (κ2) is 5.99. The number of nitrogens with zero attached hydrogens (tertiary/aromatic N) is 1. The summed E-state index contributed by atoms with van der Waals surface area (Å²) in [5.41, 5.74) is 0.871. The van der Waals surface area contributed by atoms with Crippen molar-refractivity contribution in [3.63, 3.8) is 0 Å². The van der Waals surface area contributed by atoms with Crippen molar-refractivity contribution in [3.8, 4) is 10.6 Å². The van der Waals surface area contributed by atoms with Crippen LogP contribution >= 0.6 is 11.3 Å². The molecule has 2 heterocycles. The Bertz CT molecular complexity index is 613.